The van der Waals surface area contributed by atoms with Crippen LogP contribution in [0.5, 0.6) is 23.0 Å². The molecule has 2 N–H and O–H groups in total. The van der Waals surface area contributed by atoms with Crippen LogP contribution in [0.4, 0.5) is 5.69 Å². The van der Waals surface area contributed by atoms with E-state index in [1.54, 1.807) is 42.5 Å². The Morgan fingerprint density at radius 2 is 1.73 bits per heavy atom. The van der Waals surface area contributed by atoms with E-state index in [0.717, 1.165) is 10.6 Å². The van der Waals surface area contributed by atoms with E-state index in [9.17, 15) is 18.3 Å². The first-order valence-electron chi connectivity index (χ1n) is 9.76. The van der Waals surface area contributed by atoms with E-state index in [4.69, 9.17) is 9.47 Å². The number of hydrazone groups is 1. The van der Waals surface area contributed by atoms with E-state index >= 15 is 0 Å². The minimum Gasteiger partial charge on any atom is -0.504 e. The van der Waals surface area contributed by atoms with Gasteiger partial charge in [-0.05, 0) is 60.2 Å². The molecule has 3 rings (SSSR count). The van der Waals surface area contributed by atoms with Crippen molar-refractivity contribution in [1.29, 1.82) is 0 Å². The van der Waals surface area contributed by atoms with Gasteiger partial charge in [-0.1, -0.05) is 18.2 Å². The minimum atomic E-state index is -3.74. The van der Waals surface area contributed by atoms with Crippen molar-refractivity contribution >= 4 is 27.8 Å². The highest BCUT2D eigenvalue weighted by atomic mass is 32.2. The minimum absolute atomic E-state index is 0.0253. The van der Waals surface area contributed by atoms with Gasteiger partial charge in [0.2, 0.25) is 10.0 Å². The van der Waals surface area contributed by atoms with Crippen LogP contribution in [0.3, 0.4) is 0 Å². The molecule has 10 heteroatoms. The van der Waals surface area contributed by atoms with Crippen LogP contribution in [0, 0.1) is 0 Å². The van der Waals surface area contributed by atoms with Gasteiger partial charge in [-0.2, -0.15) is 5.10 Å². The number of anilines is 1. The van der Waals surface area contributed by atoms with Crippen LogP contribution in [-0.4, -0.2) is 45.6 Å². The van der Waals surface area contributed by atoms with Gasteiger partial charge in [-0.25, -0.2) is 13.8 Å². The second-order valence-electron chi connectivity index (χ2n) is 6.90. The van der Waals surface area contributed by atoms with Gasteiger partial charge in [0.25, 0.3) is 5.91 Å². The van der Waals surface area contributed by atoms with Crippen LogP contribution in [-0.2, 0) is 14.8 Å². The number of phenols is 1. The molecule has 33 heavy (non-hydrogen) atoms. The number of hydrogen-bond acceptors (Lipinski definition) is 7. The van der Waals surface area contributed by atoms with E-state index in [0.29, 0.717) is 22.7 Å². The SMILES string of the molecule is COc1cc(/C=N\NC(=O)CN(c2ccc(Oc3ccccc3)cc2)S(C)(=O)=O)ccc1O. The van der Waals surface area contributed by atoms with Crippen LogP contribution in [0.15, 0.2) is 77.9 Å². The maximum atomic E-state index is 12.3. The fourth-order valence-electron chi connectivity index (χ4n) is 2.82. The third-order valence-electron chi connectivity index (χ3n) is 4.40. The summed E-state index contributed by atoms with van der Waals surface area (Å²) in [4.78, 5) is 12.3. The summed E-state index contributed by atoms with van der Waals surface area (Å²) in [7, 11) is -2.33. The number of phenolic OH excluding ortho intramolecular Hbond substituents is 1. The first-order chi connectivity index (χ1) is 15.8. The Labute approximate surface area is 191 Å². The number of sulfonamides is 1. The predicted molar refractivity (Wildman–Crippen MR) is 126 cm³/mol. The molecule has 0 aliphatic rings. The Bertz CT molecular complexity index is 1230. The van der Waals surface area contributed by atoms with Gasteiger partial charge in [0.1, 0.15) is 18.0 Å². The molecule has 0 saturated heterocycles. The van der Waals surface area contributed by atoms with Crippen molar-refractivity contribution < 1.29 is 27.8 Å². The highest BCUT2D eigenvalue weighted by Gasteiger charge is 2.20. The number of ether oxygens (including phenoxy) is 2. The Kier molecular flexibility index (Phi) is 7.52. The number of nitrogens with zero attached hydrogens (tertiary/aromatic N) is 2. The Balaban J connectivity index is 1.66. The summed E-state index contributed by atoms with van der Waals surface area (Å²) in [6.45, 7) is -0.464. The monoisotopic (exact) mass is 469 g/mol. The van der Waals surface area contributed by atoms with Crippen molar-refractivity contribution in [2.24, 2.45) is 5.10 Å². The molecule has 0 unspecified atom stereocenters. The summed E-state index contributed by atoms with van der Waals surface area (Å²) in [6.07, 6.45) is 2.36. The lowest BCUT2D eigenvalue weighted by Crippen LogP contribution is -2.38. The highest BCUT2D eigenvalue weighted by molar-refractivity contribution is 7.92. The van der Waals surface area contributed by atoms with E-state index in [-0.39, 0.29) is 11.5 Å². The zero-order valence-electron chi connectivity index (χ0n) is 18.0. The lowest BCUT2D eigenvalue weighted by atomic mass is 10.2. The Morgan fingerprint density at radius 1 is 1.06 bits per heavy atom. The highest BCUT2D eigenvalue weighted by Crippen LogP contribution is 2.26. The molecular weight excluding hydrogens is 446 g/mol. The van der Waals surface area contributed by atoms with Gasteiger partial charge in [0.05, 0.1) is 25.3 Å². The first-order valence-corrected chi connectivity index (χ1v) is 11.6. The topological polar surface area (TPSA) is 118 Å². The number of rotatable bonds is 9. The van der Waals surface area contributed by atoms with Crippen LogP contribution in [0.1, 0.15) is 5.56 Å². The van der Waals surface area contributed by atoms with Crippen LogP contribution in [0.25, 0.3) is 0 Å². The fraction of sp³-hybridized carbons (Fsp3) is 0.130. The van der Waals surface area contributed by atoms with Crippen molar-refractivity contribution in [2.75, 3.05) is 24.2 Å². The molecule has 0 saturated carbocycles. The quantitative estimate of drug-likeness (QED) is 0.367. The van der Waals surface area contributed by atoms with Gasteiger partial charge in [-0.3, -0.25) is 9.10 Å². The molecule has 0 spiro atoms. The van der Waals surface area contributed by atoms with Gasteiger partial charge in [0.15, 0.2) is 11.5 Å². The smallest absolute Gasteiger partial charge is 0.260 e. The van der Waals surface area contributed by atoms with Gasteiger partial charge >= 0.3 is 0 Å². The number of benzene rings is 3. The Hall–Kier alpha value is -4.05. The van der Waals surface area contributed by atoms with E-state index < -0.39 is 22.5 Å². The molecule has 0 radical (unpaired) electrons. The molecule has 0 aliphatic carbocycles. The standard InChI is InChI=1S/C23H23N3O6S/c1-31-22-14-17(8-13-21(22)27)15-24-25-23(28)16-26(33(2,29)30)18-9-11-20(12-10-18)32-19-6-4-3-5-7-19/h3-15,27H,16H2,1-2H3,(H,25,28)/b24-15-. The predicted octanol–water partition coefficient (Wildman–Crippen LogP) is 3.11. The molecule has 0 fully saturated rings. The molecule has 0 heterocycles. The van der Waals surface area contributed by atoms with Crippen LogP contribution < -0.4 is 19.2 Å². The van der Waals surface area contributed by atoms with Gasteiger partial charge in [0, 0.05) is 0 Å². The lowest BCUT2D eigenvalue weighted by Gasteiger charge is -2.21. The number of hydrogen-bond donors (Lipinski definition) is 2. The summed E-state index contributed by atoms with van der Waals surface area (Å²) >= 11 is 0. The Morgan fingerprint density at radius 3 is 2.36 bits per heavy atom. The summed E-state index contributed by atoms with van der Waals surface area (Å²) in [5.41, 5.74) is 3.17. The largest absolute Gasteiger partial charge is 0.504 e. The molecule has 172 valence electrons. The maximum Gasteiger partial charge on any atom is 0.260 e. The summed E-state index contributed by atoms with van der Waals surface area (Å²) in [6, 6.07) is 20.0. The molecule has 0 atom stereocenters. The first kappa shape index (κ1) is 23.6. The maximum absolute atomic E-state index is 12.3. The molecule has 1 amide bonds. The van der Waals surface area contributed by atoms with Crippen molar-refractivity contribution in [3.05, 3.63) is 78.4 Å². The van der Waals surface area contributed by atoms with Crippen molar-refractivity contribution in [3.8, 4) is 23.0 Å². The lowest BCUT2D eigenvalue weighted by molar-refractivity contribution is -0.119. The average Bonchev–Trinajstić information content (AvgIpc) is 2.79. The number of carbonyl (C=O) groups is 1. The number of para-hydroxylation sites is 1. The number of nitrogens with one attached hydrogen (secondary N) is 1. The normalized spacial score (nSPS) is 11.2. The molecular formula is C23H23N3O6S. The van der Waals surface area contributed by atoms with Crippen molar-refractivity contribution in [2.45, 2.75) is 0 Å². The number of aromatic hydroxyl groups is 1. The number of methoxy groups -OCH3 is 1. The molecule has 0 bridgehead atoms. The molecule has 0 aromatic heterocycles. The van der Waals surface area contributed by atoms with E-state index in [2.05, 4.69) is 10.5 Å². The number of carbonyl (C=O) groups excluding carboxylic acids is 1. The zero-order valence-corrected chi connectivity index (χ0v) is 18.8. The van der Waals surface area contributed by atoms with Gasteiger partial charge in [-0.15, -0.1) is 0 Å². The second kappa shape index (κ2) is 10.5. The molecule has 9 nitrogen and oxygen atoms in total. The third-order valence-corrected chi connectivity index (χ3v) is 5.54. The zero-order chi connectivity index (χ0) is 23.8. The number of amides is 1. The summed E-state index contributed by atoms with van der Waals surface area (Å²) < 4.78 is 36.2. The molecule has 3 aromatic carbocycles. The summed E-state index contributed by atoms with van der Waals surface area (Å²) in [5.74, 6) is 0.772. The van der Waals surface area contributed by atoms with E-state index in [1.807, 2.05) is 18.2 Å². The van der Waals surface area contributed by atoms with Crippen molar-refractivity contribution in [1.82, 2.24) is 5.43 Å². The third kappa shape index (κ3) is 6.71. The second-order valence-corrected chi connectivity index (χ2v) is 8.81. The van der Waals surface area contributed by atoms with Crippen molar-refractivity contribution in [3.63, 3.8) is 0 Å². The fourth-order valence-corrected chi connectivity index (χ4v) is 3.68. The van der Waals surface area contributed by atoms with Crippen LogP contribution >= 0.6 is 0 Å². The van der Waals surface area contributed by atoms with Gasteiger partial charge < -0.3 is 14.6 Å². The molecule has 0 aliphatic heterocycles. The van der Waals surface area contributed by atoms with Crippen LogP contribution in [0.2, 0.25) is 0 Å². The van der Waals surface area contributed by atoms with E-state index in [1.165, 1.54) is 25.5 Å². The summed E-state index contributed by atoms with van der Waals surface area (Å²) in [5, 5.41) is 13.4. The average molecular weight is 470 g/mol. The molecule has 3 aromatic rings.